The summed E-state index contributed by atoms with van der Waals surface area (Å²) in [6, 6.07) is 13.9. The lowest BCUT2D eigenvalue weighted by atomic mass is 10.1. The number of benzene rings is 2. The van der Waals surface area contributed by atoms with E-state index in [9.17, 15) is 9.59 Å². The summed E-state index contributed by atoms with van der Waals surface area (Å²) in [5.74, 6) is -0.656. The molecule has 0 spiro atoms. The zero-order valence-electron chi connectivity index (χ0n) is 14.3. The monoisotopic (exact) mass is 361 g/mol. The number of rotatable bonds is 4. The molecule has 0 saturated carbocycles. The summed E-state index contributed by atoms with van der Waals surface area (Å²) in [7, 11) is 1.59. The van der Waals surface area contributed by atoms with Crippen LogP contribution in [0.4, 0.5) is 5.69 Å². The van der Waals surface area contributed by atoms with Gasteiger partial charge in [0.25, 0.3) is 5.91 Å². The van der Waals surface area contributed by atoms with Crippen LogP contribution in [0.15, 0.2) is 54.7 Å². The molecule has 27 heavy (non-hydrogen) atoms. The molecule has 2 aromatic heterocycles. The van der Waals surface area contributed by atoms with Crippen LogP contribution in [0.3, 0.4) is 0 Å². The summed E-state index contributed by atoms with van der Waals surface area (Å²) in [5, 5.41) is 14.3. The Morgan fingerprint density at radius 2 is 1.89 bits per heavy atom. The van der Waals surface area contributed by atoms with Crippen LogP contribution in [0.5, 0.6) is 5.75 Å². The van der Waals surface area contributed by atoms with Crippen LogP contribution in [0, 0.1) is 0 Å². The molecule has 0 aliphatic carbocycles. The molecule has 2 aromatic carbocycles. The molecule has 0 unspecified atom stereocenters. The highest BCUT2D eigenvalue weighted by Gasteiger charge is 2.11. The highest BCUT2D eigenvalue weighted by molar-refractivity contribution is 6.06. The van der Waals surface area contributed by atoms with E-state index in [0.717, 1.165) is 16.5 Å². The number of carboxylic acids is 1. The highest BCUT2D eigenvalue weighted by Crippen LogP contribution is 2.23. The molecular weight excluding hydrogens is 346 g/mol. The van der Waals surface area contributed by atoms with Crippen molar-refractivity contribution < 1.29 is 19.4 Å². The Balaban J connectivity index is 1.60. The number of amides is 1. The second-order valence-corrected chi connectivity index (χ2v) is 6.03. The van der Waals surface area contributed by atoms with Gasteiger partial charge in [-0.1, -0.05) is 6.07 Å². The third kappa shape index (κ3) is 3.18. The van der Waals surface area contributed by atoms with Crippen LogP contribution in [0.25, 0.3) is 21.7 Å². The molecular formula is C20H15N3O4. The van der Waals surface area contributed by atoms with Crippen molar-refractivity contribution in [1.82, 2.24) is 9.97 Å². The van der Waals surface area contributed by atoms with Crippen molar-refractivity contribution in [2.75, 3.05) is 12.4 Å². The van der Waals surface area contributed by atoms with Crippen molar-refractivity contribution in [3.63, 3.8) is 0 Å². The van der Waals surface area contributed by atoms with Gasteiger partial charge in [-0.2, -0.15) is 0 Å². The number of carboxylic acid groups (broad SMARTS) is 1. The Hall–Kier alpha value is -3.87. The Bertz CT molecular complexity index is 1200. The Morgan fingerprint density at radius 1 is 1.04 bits per heavy atom. The van der Waals surface area contributed by atoms with E-state index >= 15 is 0 Å². The first-order valence-electron chi connectivity index (χ1n) is 8.15. The number of H-pyrrole nitrogens is 1. The number of carbonyl (C=O) groups excluding carboxylic acids is 1. The molecule has 4 aromatic rings. The number of anilines is 1. The Labute approximate surface area is 153 Å². The van der Waals surface area contributed by atoms with E-state index in [-0.39, 0.29) is 17.3 Å². The fourth-order valence-electron chi connectivity index (χ4n) is 2.89. The number of aromatic nitrogens is 2. The lowest BCUT2D eigenvalue weighted by Gasteiger charge is -2.07. The van der Waals surface area contributed by atoms with E-state index in [4.69, 9.17) is 9.84 Å². The van der Waals surface area contributed by atoms with Gasteiger partial charge in [0.15, 0.2) is 0 Å². The Kier molecular flexibility index (Phi) is 3.97. The number of aromatic carboxylic acids is 1. The molecule has 2 heterocycles. The SMILES string of the molecule is COc1ccc2cc(C(=O)Nc3ccc4[nH]c(C(=O)O)cc4c3)ncc2c1. The van der Waals surface area contributed by atoms with Crippen molar-refractivity contribution in [3.8, 4) is 5.75 Å². The van der Waals surface area contributed by atoms with E-state index in [1.165, 1.54) is 6.07 Å². The van der Waals surface area contributed by atoms with Crippen molar-refractivity contribution in [1.29, 1.82) is 0 Å². The Morgan fingerprint density at radius 3 is 2.67 bits per heavy atom. The third-order valence-electron chi connectivity index (χ3n) is 4.27. The van der Waals surface area contributed by atoms with Gasteiger partial charge in [0.2, 0.25) is 0 Å². The zero-order chi connectivity index (χ0) is 19.0. The predicted octanol–water partition coefficient (Wildman–Crippen LogP) is 3.68. The van der Waals surface area contributed by atoms with Gasteiger partial charge in [-0.25, -0.2) is 4.79 Å². The minimum absolute atomic E-state index is 0.0973. The zero-order valence-corrected chi connectivity index (χ0v) is 14.3. The summed E-state index contributed by atoms with van der Waals surface area (Å²) in [6.07, 6.45) is 1.63. The number of pyridine rings is 1. The lowest BCUT2D eigenvalue weighted by Crippen LogP contribution is -2.13. The standard InChI is InChI=1S/C20H15N3O4/c1-27-15-4-2-11-8-17(21-10-13(11)7-15)19(24)22-14-3-5-16-12(6-14)9-18(23-16)20(25)26/h2-10,23H,1H3,(H,22,24)(H,25,26). The molecule has 0 aliphatic rings. The van der Waals surface area contributed by atoms with Crippen molar-refractivity contribution >= 4 is 39.2 Å². The molecule has 0 radical (unpaired) electrons. The van der Waals surface area contributed by atoms with E-state index in [1.54, 1.807) is 37.6 Å². The minimum Gasteiger partial charge on any atom is -0.497 e. The molecule has 1 amide bonds. The summed E-state index contributed by atoms with van der Waals surface area (Å²) in [4.78, 5) is 30.6. The van der Waals surface area contributed by atoms with Gasteiger partial charge in [-0.3, -0.25) is 9.78 Å². The molecule has 0 fully saturated rings. The maximum atomic E-state index is 12.5. The largest absolute Gasteiger partial charge is 0.497 e. The molecule has 0 saturated heterocycles. The number of aromatic amines is 1. The maximum absolute atomic E-state index is 12.5. The van der Waals surface area contributed by atoms with Crippen LogP contribution in [0.1, 0.15) is 21.0 Å². The van der Waals surface area contributed by atoms with Crippen molar-refractivity contribution in [2.45, 2.75) is 0 Å². The molecule has 3 N–H and O–H groups in total. The van der Waals surface area contributed by atoms with Gasteiger partial charge in [-0.15, -0.1) is 0 Å². The van der Waals surface area contributed by atoms with Gasteiger partial charge in [0, 0.05) is 28.2 Å². The number of ether oxygens (including phenoxy) is 1. The quantitative estimate of drug-likeness (QED) is 0.514. The van der Waals surface area contributed by atoms with Crippen LogP contribution >= 0.6 is 0 Å². The smallest absolute Gasteiger partial charge is 0.352 e. The van der Waals surface area contributed by atoms with Crippen LogP contribution in [-0.4, -0.2) is 34.1 Å². The number of carbonyl (C=O) groups is 2. The first-order valence-corrected chi connectivity index (χ1v) is 8.15. The van der Waals surface area contributed by atoms with Gasteiger partial charge in [0.1, 0.15) is 17.1 Å². The number of hydrogen-bond donors (Lipinski definition) is 3. The summed E-state index contributed by atoms with van der Waals surface area (Å²) >= 11 is 0. The third-order valence-corrected chi connectivity index (χ3v) is 4.27. The summed E-state index contributed by atoms with van der Waals surface area (Å²) in [5.41, 5.74) is 1.62. The number of nitrogens with zero attached hydrogens (tertiary/aromatic N) is 1. The van der Waals surface area contributed by atoms with Crippen molar-refractivity contribution in [3.05, 3.63) is 66.1 Å². The lowest BCUT2D eigenvalue weighted by molar-refractivity contribution is 0.0691. The average Bonchev–Trinajstić information content (AvgIpc) is 3.11. The molecule has 134 valence electrons. The number of fused-ring (bicyclic) bond motifs is 2. The van der Waals surface area contributed by atoms with Gasteiger partial charge < -0.3 is 20.1 Å². The molecule has 0 aliphatic heterocycles. The number of nitrogens with one attached hydrogen (secondary N) is 2. The normalized spacial score (nSPS) is 10.9. The molecule has 0 atom stereocenters. The minimum atomic E-state index is -1.03. The second kappa shape index (κ2) is 6.45. The molecule has 0 bridgehead atoms. The topological polar surface area (TPSA) is 104 Å². The van der Waals surface area contributed by atoms with E-state index in [0.29, 0.717) is 16.6 Å². The van der Waals surface area contributed by atoms with Crippen LogP contribution in [0.2, 0.25) is 0 Å². The second-order valence-electron chi connectivity index (χ2n) is 6.03. The first-order chi connectivity index (χ1) is 13.0. The summed E-state index contributed by atoms with van der Waals surface area (Å²) < 4.78 is 5.18. The fraction of sp³-hybridized carbons (Fsp3) is 0.0500. The summed E-state index contributed by atoms with van der Waals surface area (Å²) in [6.45, 7) is 0. The number of hydrogen-bond acceptors (Lipinski definition) is 4. The fourth-order valence-corrected chi connectivity index (χ4v) is 2.89. The van der Waals surface area contributed by atoms with Gasteiger partial charge in [0.05, 0.1) is 7.11 Å². The first kappa shape index (κ1) is 16.6. The van der Waals surface area contributed by atoms with Gasteiger partial charge >= 0.3 is 5.97 Å². The average molecular weight is 361 g/mol. The van der Waals surface area contributed by atoms with Crippen LogP contribution < -0.4 is 10.1 Å². The van der Waals surface area contributed by atoms with Crippen LogP contribution in [-0.2, 0) is 0 Å². The van der Waals surface area contributed by atoms with E-state index in [2.05, 4.69) is 15.3 Å². The van der Waals surface area contributed by atoms with E-state index in [1.807, 2.05) is 18.2 Å². The molecule has 7 heteroatoms. The van der Waals surface area contributed by atoms with E-state index < -0.39 is 5.97 Å². The predicted molar refractivity (Wildman–Crippen MR) is 102 cm³/mol. The molecule has 7 nitrogen and oxygen atoms in total. The molecule has 4 rings (SSSR count). The van der Waals surface area contributed by atoms with Crippen molar-refractivity contribution in [2.24, 2.45) is 0 Å². The highest BCUT2D eigenvalue weighted by atomic mass is 16.5. The number of methoxy groups -OCH3 is 1. The maximum Gasteiger partial charge on any atom is 0.352 e. The van der Waals surface area contributed by atoms with Gasteiger partial charge in [-0.05, 0) is 47.9 Å².